The summed E-state index contributed by atoms with van der Waals surface area (Å²) in [6, 6.07) is 23.9. The second-order valence-corrected chi connectivity index (χ2v) is 6.37. The lowest BCUT2D eigenvalue weighted by atomic mass is 9.91. The summed E-state index contributed by atoms with van der Waals surface area (Å²) in [6.45, 7) is 0. The largest absolute Gasteiger partial charge is 0.482 e. The summed E-state index contributed by atoms with van der Waals surface area (Å²) in [5.41, 5.74) is 2.38. The first-order valence-corrected chi connectivity index (χ1v) is 8.47. The second kappa shape index (κ2) is 6.61. The van der Waals surface area contributed by atoms with Gasteiger partial charge in [-0.2, -0.15) is 0 Å². The molecule has 0 amide bonds. The van der Waals surface area contributed by atoms with E-state index in [0.717, 1.165) is 11.3 Å². The van der Waals surface area contributed by atoms with Crippen LogP contribution in [0.1, 0.15) is 22.0 Å². The van der Waals surface area contributed by atoms with Crippen molar-refractivity contribution in [2.75, 3.05) is 5.32 Å². The van der Waals surface area contributed by atoms with Crippen LogP contribution in [0.25, 0.3) is 0 Å². The number of benzene rings is 3. The number of ether oxygens (including phenoxy) is 1. The molecule has 0 aliphatic carbocycles. The number of carbonyl (C=O) groups excluding carboxylic acids is 1. The Hall–Kier alpha value is -2.78. The number of ketones is 1. The normalized spacial score (nSPS) is 19.0. The summed E-state index contributed by atoms with van der Waals surface area (Å²) in [6.07, 6.45) is -0.403. The summed E-state index contributed by atoms with van der Waals surface area (Å²) in [7, 11) is 0. The molecule has 0 spiro atoms. The fourth-order valence-corrected chi connectivity index (χ4v) is 3.18. The van der Waals surface area contributed by atoms with E-state index in [4.69, 9.17) is 16.3 Å². The van der Waals surface area contributed by atoms with Crippen molar-refractivity contribution < 1.29 is 9.53 Å². The Morgan fingerprint density at radius 3 is 2.28 bits per heavy atom. The van der Waals surface area contributed by atoms with E-state index in [2.05, 4.69) is 5.32 Å². The second-order valence-electron chi connectivity index (χ2n) is 5.94. The van der Waals surface area contributed by atoms with Crippen LogP contribution in [-0.2, 0) is 0 Å². The molecule has 1 aliphatic heterocycles. The molecule has 0 radical (unpaired) electrons. The van der Waals surface area contributed by atoms with Crippen LogP contribution in [-0.4, -0.2) is 11.8 Å². The van der Waals surface area contributed by atoms with Gasteiger partial charge in [0.25, 0.3) is 0 Å². The van der Waals surface area contributed by atoms with Crippen molar-refractivity contribution >= 4 is 23.1 Å². The maximum Gasteiger partial charge on any atom is 0.192 e. The number of halogens is 1. The fraction of sp³-hybridized carbons (Fsp3) is 0.0952. The number of Topliss-reactive ketones (excluding diaryl/α,β-unsaturated/α-hetero) is 1. The van der Waals surface area contributed by atoms with Crippen LogP contribution < -0.4 is 10.1 Å². The molecule has 1 aliphatic rings. The van der Waals surface area contributed by atoms with E-state index in [1.54, 1.807) is 18.2 Å². The molecule has 0 saturated carbocycles. The minimum absolute atomic E-state index is 0.0191. The van der Waals surface area contributed by atoms with E-state index in [1.165, 1.54) is 0 Å². The molecule has 3 aromatic rings. The van der Waals surface area contributed by atoms with E-state index >= 15 is 0 Å². The van der Waals surface area contributed by atoms with Gasteiger partial charge in [0.1, 0.15) is 11.8 Å². The average Bonchev–Trinajstić information content (AvgIpc) is 2.66. The number of nitrogens with one attached hydrogen (secondary N) is 1. The summed E-state index contributed by atoms with van der Waals surface area (Å²) >= 11 is 5.96. The van der Waals surface area contributed by atoms with Crippen molar-refractivity contribution in [3.05, 3.63) is 95.0 Å². The van der Waals surface area contributed by atoms with Crippen LogP contribution in [0.5, 0.6) is 5.75 Å². The monoisotopic (exact) mass is 349 g/mol. The minimum atomic E-state index is -0.515. The van der Waals surface area contributed by atoms with Crippen LogP contribution in [0.3, 0.4) is 0 Å². The van der Waals surface area contributed by atoms with Gasteiger partial charge in [-0.1, -0.05) is 54.1 Å². The van der Waals surface area contributed by atoms with E-state index < -0.39 is 12.1 Å². The quantitative estimate of drug-likeness (QED) is 0.711. The number of para-hydroxylation sites is 1. The van der Waals surface area contributed by atoms with E-state index in [-0.39, 0.29) is 5.78 Å². The third-order valence-electron chi connectivity index (χ3n) is 4.29. The molecule has 124 valence electrons. The first-order chi connectivity index (χ1) is 12.2. The molecular formula is C21H16ClNO2. The third kappa shape index (κ3) is 3.11. The molecule has 3 nitrogen and oxygen atoms in total. The first kappa shape index (κ1) is 15.7. The lowest BCUT2D eigenvalue weighted by Crippen LogP contribution is -2.42. The average molecular weight is 350 g/mol. The molecule has 4 heteroatoms. The Balaban J connectivity index is 1.74. The Labute approximate surface area is 151 Å². The minimum Gasteiger partial charge on any atom is -0.482 e. The molecular weight excluding hydrogens is 334 g/mol. The number of anilines is 1. The van der Waals surface area contributed by atoms with Gasteiger partial charge >= 0.3 is 0 Å². The van der Waals surface area contributed by atoms with Gasteiger partial charge in [-0.25, -0.2) is 0 Å². The summed E-state index contributed by atoms with van der Waals surface area (Å²) in [4.78, 5) is 13.1. The summed E-state index contributed by atoms with van der Waals surface area (Å²) in [5.74, 6) is 0.640. The maximum absolute atomic E-state index is 13.1. The number of hydrogen-bond acceptors (Lipinski definition) is 3. The first-order valence-electron chi connectivity index (χ1n) is 8.09. The van der Waals surface area contributed by atoms with Gasteiger partial charge in [0.2, 0.25) is 0 Å². The van der Waals surface area contributed by atoms with Gasteiger partial charge in [-0.05, 0) is 42.0 Å². The molecule has 1 heterocycles. The molecule has 3 aromatic carbocycles. The molecule has 4 rings (SSSR count). The van der Waals surface area contributed by atoms with E-state index in [1.807, 2.05) is 60.7 Å². The molecule has 25 heavy (non-hydrogen) atoms. The van der Waals surface area contributed by atoms with Crippen molar-refractivity contribution in [3.63, 3.8) is 0 Å². The molecule has 2 atom stereocenters. The van der Waals surface area contributed by atoms with E-state index in [0.29, 0.717) is 16.3 Å². The molecule has 0 bridgehead atoms. The van der Waals surface area contributed by atoms with E-state index in [9.17, 15) is 4.79 Å². The zero-order valence-corrected chi connectivity index (χ0v) is 14.1. The molecule has 1 N–H and O–H groups in total. The highest BCUT2D eigenvalue weighted by molar-refractivity contribution is 6.30. The zero-order valence-electron chi connectivity index (χ0n) is 13.4. The number of hydrogen-bond donors (Lipinski definition) is 1. The van der Waals surface area contributed by atoms with Crippen LogP contribution in [0.4, 0.5) is 5.69 Å². The maximum atomic E-state index is 13.1. The highest BCUT2D eigenvalue weighted by atomic mass is 35.5. The van der Waals surface area contributed by atoms with Gasteiger partial charge < -0.3 is 10.1 Å². The molecule has 2 unspecified atom stereocenters. The van der Waals surface area contributed by atoms with Crippen molar-refractivity contribution in [3.8, 4) is 5.75 Å². The van der Waals surface area contributed by atoms with Gasteiger partial charge in [0.05, 0.1) is 5.56 Å². The summed E-state index contributed by atoms with van der Waals surface area (Å²) in [5, 5.41) is 3.97. The van der Waals surface area contributed by atoms with Crippen LogP contribution in [0, 0.1) is 0 Å². The topological polar surface area (TPSA) is 38.3 Å². The van der Waals surface area contributed by atoms with Gasteiger partial charge in [-0.3, -0.25) is 4.79 Å². The highest BCUT2D eigenvalue weighted by Gasteiger charge is 2.38. The number of carbonyl (C=O) groups is 1. The lowest BCUT2D eigenvalue weighted by molar-refractivity contribution is 0.0812. The molecule has 0 fully saturated rings. The summed E-state index contributed by atoms with van der Waals surface area (Å²) < 4.78 is 6.19. The highest BCUT2D eigenvalue weighted by Crippen LogP contribution is 2.36. The Morgan fingerprint density at radius 2 is 1.52 bits per heavy atom. The lowest BCUT2D eigenvalue weighted by Gasteiger charge is -2.33. The van der Waals surface area contributed by atoms with Gasteiger partial charge in [-0.15, -0.1) is 0 Å². The Morgan fingerprint density at radius 1 is 0.840 bits per heavy atom. The number of fused-ring (bicyclic) bond motifs is 1. The standard InChI is InChI=1S/C21H16ClNO2/c22-15-10-12-16(13-11-15)23-19-20(24)17-8-4-5-9-18(17)25-21(19)14-6-2-1-3-7-14/h1-13,19,21,23H. The Bertz CT molecular complexity index is 893. The van der Waals surface area contributed by atoms with Crippen LogP contribution in [0.15, 0.2) is 78.9 Å². The van der Waals surface area contributed by atoms with Crippen molar-refractivity contribution in [2.45, 2.75) is 12.1 Å². The van der Waals surface area contributed by atoms with Crippen molar-refractivity contribution in [1.82, 2.24) is 0 Å². The third-order valence-corrected chi connectivity index (χ3v) is 4.54. The van der Waals surface area contributed by atoms with Crippen molar-refractivity contribution in [1.29, 1.82) is 0 Å². The SMILES string of the molecule is O=C1c2ccccc2OC(c2ccccc2)C1Nc1ccc(Cl)cc1. The van der Waals surface area contributed by atoms with Gasteiger partial charge in [0, 0.05) is 10.7 Å². The molecule has 0 saturated heterocycles. The van der Waals surface area contributed by atoms with Crippen LogP contribution >= 0.6 is 11.6 Å². The number of rotatable bonds is 3. The predicted octanol–water partition coefficient (Wildman–Crippen LogP) is 5.14. The van der Waals surface area contributed by atoms with Crippen molar-refractivity contribution in [2.24, 2.45) is 0 Å². The molecule has 0 aromatic heterocycles. The zero-order chi connectivity index (χ0) is 17.2. The predicted molar refractivity (Wildman–Crippen MR) is 99.4 cm³/mol. The fourth-order valence-electron chi connectivity index (χ4n) is 3.05. The Kier molecular flexibility index (Phi) is 4.16. The van der Waals surface area contributed by atoms with Gasteiger partial charge in [0.15, 0.2) is 11.9 Å². The smallest absolute Gasteiger partial charge is 0.192 e. The van der Waals surface area contributed by atoms with Crippen LogP contribution in [0.2, 0.25) is 5.02 Å².